The molecule has 0 heterocycles. The van der Waals surface area contributed by atoms with Gasteiger partial charge in [0.05, 0.1) is 0 Å². The molecule has 0 spiro atoms. The second-order valence-electron chi connectivity index (χ2n) is 2.89. The minimum absolute atomic E-state index is 0.328. The Hall–Kier alpha value is -0.0800. The zero-order valence-corrected chi connectivity index (χ0v) is 7.35. The van der Waals surface area contributed by atoms with E-state index in [9.17, 15) is 0 Å². The summed E-state index contributed by atoms with van der Waals surface area (Å²) in [5.41, 5.74) is 5.71. The van der Waals surface area contributed by atoms with Crippen molar-refractivity contribution in [3.05, 3.63) is 0 Å². The van der Waals surface area contributed by atoms with E-state index in [4.69, 9.17) is 5.73 Å². The Labute approximate surface area is 64.2 Å². The van der Waals surface area contributed by atoms with Crippen molar-refractivity contribution in [1.82, 2.24) is 5.32 Å². The molecular weight excluding hydrogens is 124 g/mol. The Morgan fingerprint density at radius 1 is 1.30 bits per heavy atom. The van der Waals surface area contributed by atoms with Crippen LogP contribution in [0, 0.1) is 0 Å². The molecule has 62 valence electrons. The summed E-state index contributed by atoms with van der Waals surface area (Å²) in [5.74, 6) is 0. The lowest BCUT2D eigenvalue weighted by molar-refractivity contribution is 0.486. The fourth-order valence-corrected chi connectivity index (χ4v) is 0.641. The van der Waals surface area contributed by atoms with Crippen molar-refractivity contribution in [2.45, 2.75) is 45.7 Å². The molecule has 0 amide bonds. The second-order valence-corrected chi connectivity index (χ2v) is 2.89. The molecule has 0 aromatic rings. The monoisotopic (exact) mass is 144 g/mol. The maximum atomic E-state index is 5.71. The van der Waals surface area contributed by atoms with Crippen LogP contribution >= 0.6 is 0 Å². The zero-order valence-electron chi connectivity index (χ0n) is 7.35. The largest absolute Gasteiger partial charge is 0.327 e. The minimum atomic E-state index is 0.328. The fraction of sp³-hybridized carbons (Fsp3) is 1.00. The van der Waals surface area contributed by atoms with E-state index in [-0.39, 0.29) is 0 Å². The average Bonchev–Trinajstić information content (AvgIpc) is 1.99. The third-order valence-electron chi connectivity index (χ3n) is 1.87. The normalized spacial score (nSPS) is 16.8. The van der Waals surface area contributed by atoms with Crippen LogP contribution in [0.5, 0.6) is 0 Å². The number of hydrogen-bond acceptors (Lipinski definition) is 2. The highest BCUT2D eigenvalue weighted by atomic mass is 14.9. The molecule has 0 rings (SSSR count). The predicted octanol–water partition coefficient (Wildman–Crippen LogP) is 1.11. The molecule has 0 saturated carbocycles. The fourth-order valence-electron chi connectivity index (χ4n) is 0.641. The van der Waals surface area contributed by atoms with Gasteiger partial charge >= 0.3 is 0 Å². The molecular formula is C8H20N2. The summed E-state index contributed by atoms with van der Waals surface area (Å²) in [4.78, 5) is 0. The number of nitrogens with two attached hydrogens (primary N) is 1. The maximum absolute atomic E-state index is 5.71. The van der Waals surface area contributed by atoms with Gasteiger partial charge in [-0.15, -0.1) is 0 Å². The smallest absolute Gasteiger partial charge is 0.0162 e. The third-order valence-corrected chi connectivity index (χ3v) is 1.87. The summed E-state index contributed by atoms with van der Waals surface area (Å²) >= 11 is 0. The molecule has 2 heteroatoms. The van der Waals surface area contributed by atoms with Gasteiger partial charge in [0.25, 0.3) is 0 Å². The summed E-state index contributed by atoms with van der Waals surface area (Å²) in [6.07, 6.45) is 2.24. The van der Waals surface area contributed by atoms with Crippen LogP contribution < -0.4 is 11.1 Å². The molecule has 2 atom stereocenters. The van der Waals surface area contributed by atoms with Crippen molar-refractivity contribution in [3.63, 3.8) is 0 Å². The van der Waals surface area contributed by atoms with Gasteiger partial charge < -0.3 is 11.1 Å². The van der Waals surface area contributed by atoms with Crippen LogP contribution in [0.4, 0.5) is 0 Å². The van der Waals surface area contributed by atoms with Crippen LogP contribution in [-0.4, -0.2) is 18.6 Å². The summed E-state index contributed by atoms with van der Waals surface area (Å²) in [6, 6.07) is 0.937. The summed E-state index contributed by atoms with van der Waals surface area (Å²) in [7, 11) is 0. The molecule has 3 N–H and O–H groups in total. The van der Waals surface area contributed by atoms with E-state index in [1.807, 2.05) is 0 Å². The van der Waals surface area contributed by atoms with Crippen molar-refractivity contribution in [2.24, 2.45) is 5.73 Å². The Bertz CT molecular complexity index is 63.7. The average molecular weight is 144 g/mol. The van der Waals surface area contributed by atoms with Crippen LogP contribution in [0.15, 0.2) is 0 Å². The first-order chi connectivity index (χ1) is 4.70. The minimum Gasteiger partial charge on any atom is -0.327 e. The molecule has 0 fully saturated rings. The number of nitrogens with one attached hydrogen (secondary N) is 1. The molecule has 2 unspecified atom stereocenters. The van der Waals surface area contributed by atoms with Crippen molar-refractivity contribution >= 4 is 0 Å². The lowest BCUT2D eigenvalue weighted by Crippen LogP contribution is -2.37. The van der Waals surface area contributed by atoms with Gasteiger partial charge in [-0.2, -0.15) is 0 Å². The Morgan fingerprint density at radius 2 is 1.90 bits per heavy atom. The van der Waals surface area contributed by atoms with Crippen LogP contribution in [0.1, 0.15) is 33.6 Å². The third kappa shape index (κ3) is 4.77. The Balaban J connectivity index is 3.17. The molecule has 2 nitrogen and oxygen atoms in total. The number of rotatable bonds is 5. The van der Waals surface area contributed by atoms with Crippen LogP contribution in [0.25, 0.3) is 0 Å². The van der Waals surface area contributed by atoms with Gasteiger partial charge in [0.2, 0.25) is 0 Å². The van der Waals surface area contributed by atoms with E-state index in [0.717, 1.165) is 13.0 Å². The molecule has 0 aliphatic rings. The van der Waals surface area contributed by atoms with Crippen molar-refractivity contribution < 1.29 is 0 Å². The highest BCUT2D eigenvalue weighted by Crippen LogP contribution is 1.89. The van der Waals surface area contributed by atoms with E-state index in [1.165, 1.54) is 6.42 Å². The lowest BCUT2D eigenvalue weighted by Gasteiger charge is -2.14. The molecule has 0 saturated heterocycles. The molecule has 0 aromatic heterocycles. The summed E-state index contributed by atoms with van der Waals surface area (Å²) < 4.78 is 0. The highest BCUT2D eigenvalue weighted by Gasteiger charge is 2.00. The van der Waals surface area contributed by atoms with Gasteiger partial charge in [-0.05, 0) is 19.8 Å². The first-order valence-corrected chi connectivity index (χ1v) is 4.19. The van der Waals surface area contributed by atoms with E-state index < -0.39 is 0 Å². The van der Waals surface area contributed by atoms with Gasteiger partial charge in [-0.25, -0.2) is 0 Å². The topological polar surface area (TPSA) is 38.0 Å². The molecule has 0 aliphatic carbocycles. The second kappa shape index (κ2) is 5.69. The van der Waals surface area contributed by atoms with Crippen LogP contribution in [0.2, 0.25) is 0 Å². The van der Waals surface area contributed by atoms with Gasteiger partial charge in [0.1, 0.15) is 0 Å². The standard InChI is InChI=1S/C8H20N2/c1-4-7(3)10-6-8(9)5-2/h7-8,10H,4-6,9H2,1-3H3. The van der Waals surface area contributed by atoms with E-state index >= 15 is 0 Å². The van der Waals surface area contributed by atoms with Gasteiger partial charge in [-0.3, -0.25) is 0 Å². The predicted molar refractivity (Wildman–Crippen MR) is 46.0 cm³/mol. The van der Waals surface area contributed by atoms with Crippen LogP contribution in [-0.2, 0) is 0 Å². The summed E-state index contributed by atoms with van der Waals surface area (Å²) in [5, 5.41) is 3.36. The SMILES string of the molecule is CCC(N)CNC(C)CC. The van der Waals surface area contributed by atoms with Gasteiger partial charge in [0.15, 0.2) is 0 Å². The van der Waals surface area contributed by atoms with Crippen molar-refractivity contribution in [3.8, 4) is 0 Å². The molecule has 0 radical (unpaired) electrons. The molecule has 0 aromatic carbocycles. The first-order valence-electron chi connectivity index (χ1n) is 4.19. The Morgan fingerprint density at radius 3 is 2.30 bits per heavy atom. The van der Waals surface area contributed by atoms with Crippen molar-refractivity contribution in [2.75, 3.05) is 6.54 Å². The van der Waals surface area contributed by atoms with Gasteiger partial charge in [0, 0.05) is 18.6 Å². The van der Waals surface area contributed by atoms with Gasteiger partial charge in [-0.1, -0.05) is 13.8 Å². The highest BCUT2D eigenvalue weighted by molar-refractivity contribution is 4.65. The Kier molecular flexibility index (Phi) is 5.64. The lowest BCUT2D eigenvalue weighted by atomic mass is 10.2. The summed E-state index contributed by atoms with van der Waals surface area (Å²) in [6.45, 7) is 7.42. The zero-order chi connectivity index (χ0) is 7.98. The van der Waals surface area contributed by atoms with Crippen molar-refractivity contribution in [1.29, 1.82) is 0 Å². The molecule has 0 bridgehead atoms. The van der Waals surface area contributed by atoms with E-state index in [2.05, 4.69) is 26.1 Å². The molecule has 0 aliphatic heterocycles. The molecule has 10 heavy (non-hydrogen) atoms. The van der Waals surface area contributed by atoms with Crippen LogP contribution in [0.3, 0.4) is 0 Å². The van der Waals surface area contributed by atoms with E-state index in [1.54, 1.807) is 0 Å². The quantitative estimate of drug-likeness (QED) is 0.606. The maximum Gasteiger partial charge on any atom is 0.0162 e. The number of hydrogen-bond donors (Lipinski definition) is 2. The van der Waals surface area contributed by atoms with E-state index in [0.29, 0.717) is 12.1 Å². The first kappa shape index (κ1) is 9.92.